The summed E-state index contributed by atoms with van der Waals surface area (Å²) in [6.07, 6.45) is 1.57. The van der Waals surface area contributed by atoms with Gasteiger partial charge in [-0.15, -0.1) is 0 Å². The standard InChI is InChI=1S/C25H36O10/c1-13(26)30-11-20-21(32-14(2)27)22(33-15(3)28)23(34-16(4)29)24(35-20)31-12-25-8-17-5-18(9-25)7-19(6-17)10-25/h17-24H,5-12H2,1-4H3/t17?,18?,19?,20-,21+,22+,23-,24+,25?/m1/s1. The summed E-state index contributed by atoms with van der Waals surface area (Å²) in [5.74, 6) is -0.317. The summed E-state index contributed by atoms with van der Waals surface area (Å²) in [4.78, 5) is 47.3. The second-order valence-electron chi connectivity index (χ2n) is 10.8. The zero-order valence-corrected chi connectivity index (χ0v) is 20.9. The molecule has 10 heteroatoms. The molecule has 0 radical (unpaired) electrons. The number of carbonyl (C=O) groups is 4. The molecule has 0 aromatic heterocycles. The molecule has 1 aliphatic heterocycles. The van der Waals surface area contributed by atoms with Crippen LogP contribution in [0.5, 0.6) is 0 Å². The lowest BCUT2D eigenvalue weighted by Crippen LogP contribution is -2.63. The van der Waals surface area contributed by atoms with E-state index in [4.69, 9.17) is 28.4 Å². The predicted molar refractivity (Wildman–Crippen MR) is 119 cm³/mol. The Hall–Kier alpha value is -2.20. The molecule has 0 spiro atoms. The minimum Gasteiger partial charge on any atom is -0.463 e. The number of esters is 4. The predicted octanol–water partition coefficient (Wildman–Crippen LogP) is 2.30. The van der Waals surface area contributed by atoms with Gasteiger partial charge in [-0.1, -0.05) is 0 Å². The number of carbonyl (C=O) groups excluding carboxylic acids is 4. The average Bonchev–Trinajstić information content (AvgIpc) is 2.72. The van der Waals surface area contributed by atoms with Gasteiger partial charge in [0.05, 0.1) is 6.61 Å². The van der Waals surface area contributed by atoms with Crippen LogP contribution < -0.4 is 0 Å². The quantitative estimate of drug-likeness (QED) is 0.365. The summed E-state index contributed by atoms with van der Waals surface area (Å²) in [5.41, 5.74) is 0.0495. The van der Waals surface area contributed by atoms with Gasteiger partial charge in [0.25, 0.3) is 0 Å². The lowest BCUT2D eigenvalue weighted by Gasteiger charge is -2.57. The lowest BCUT2D eigenvalue weighted by molar-refractivity contribution is -0.315. The van der Waals surface area contributed by atoms with Gasteiger partial charge in [0, 0.05) is 27.7 Å². The van der Waals surface area contributed by atoms with Crippen molar-refractivity contribution in [1.29, 1.82) is 0 Å². The van der Waals surface area contributed by atoms with Gasteiger partial charge < -0.3 is 28.4 Å². The van der Waals surface area contributed by atoms with Crippen LogP contribution in [0, 0.1) is 23.2 Å². The van der Waals surface area contributed by atoms with E-state index >= 15 is 0 Å². The fraction of sp³-hybridized carbons (Fsp3) is 0.840. The Morgan fingerprint density at radius 1 is 0.714 bits per heavy atom. The van der Waals surface area contributed by atoms with E-state index in [0.717, 1.165) is 37.0 Å². The fourth-order valence-corrected chi connectivity index (χ4v) is 7.05. The van der Waals surface area contributed by atoms with E-state index in [-0.39, 0.29) is 12.0 Å². The largest absolute Gasteiger partial charge is 0.463 e. The monoisotopic (exact) mass is 496 g/mol. The average molecular weight is 497 g/mol. The molecule has 0 aromatic carbocycles. The molecule has 1 heterocycles. The highest BCUT2D eigenvalue weighted by Gasteiger charge is 2.55. The van der Waals surface area contributed by atoms with Gasteiger partial charge >= 0.3 is 23.9 Å². The van der Waals surface area contributed by atoms with Crippen molar-refractivity contribution in [1.82, 2.24) is 0 Å². The van der Waals surface area contributed by atoms with Gasteiger partial charge in [0.2, 0.25) is 0 Å². The molecule has 35 heavy (non-hydrogen) atoms. The van der Waals surface area contributed by atoms with E-state index in [0.29, 0.717) is 6.61 Å². The van der Waals surface area contributed by atoms with Gasteiger partial charge in [-0.25, -0.2) is 0 Å². The first-order valence-electron chi connectivity index (χ1n) is 12.5. The summed E-state index contributed by atoms with van der Waals surface area (Å²) in [5, 5.41) is 0. The Kier molecular flexibility index (Phi) is 7.71. The van der Waals surface area contributed by atoms with Gasteiger partial charge in [-0.05, 0) is 61.7 Å². The van der Waals surface area contributed by atoms with E-state index in [2.05, 4.69) is 0 Å². The minimum absolute atomic E-state index is 0.0495. The van der Waals surface area contributed by atoms with Crippen molar-refractivity contribution in [3.8, 4) is 0 Å². The summed E-state index contributed by atoms with van der Waals surface area (Å²) in [7, 11) is 0. The van der Waals surface area contributed by atoms with Crippen molar-refractivity contribution in [3.05, 3.63) is 0 Å². The molecule has 5 atom stereocenters. The normalized spacial score (nSPS) is 39.5. The van der Waals surface area contributed by atoms with Gasteiger partial charge in [-0.2, -0.15) is 0 Å². The Morgan fingerprint density at radius 2 is 1.20 bits per heavy atom. The maximum Gasteiger partial charge on any atom is 0.303 e. The van der Waals surface area contributed by atoms with Crippen LogP contribution in [0.1, 0.15) is 66.2 Å². The molecular weight excluding hydrogens is 460 g/mol. The molecule has 0 N–H and O–H groups in total. The molecule has 0 aromatic rings. The molecule has 4 aliphatic carbocycles. The zero-order valence-electron chi connectivity index (χ0n) is 20.9. The zero-order chi connectivity index (χ0) is 25.3. The number of ether oxygens (including phenoxy) is 6. The van der Waals surface area contributed by atoms with Crippen LogP contribution in [-0.2, 0) is 47.6 Å². The third-order valence-corrected chi connectivity index (χ3v) is 7.67. The number of rotatable bonds is 8. The third-order valence-electron chi connectivity index (χ3n) is 7.67. The minimum atomic E-state index is -1.20. The van der Waals surface area contributed by atoms with Crippen molar-refractivity contribution in [2.24, 2.45) is 23.2 Å². The molecule has 5 aliphatic rings. The first-order chi connectivity index (χ1) is 16.5. The molecule has 5 fully saturated rings. The summed E-state index contributed by atoms with van der Waals surface area (Å²) in [6.45, 7) is 5.05. The van der Waals surface area contributed by atoms with Crippen LogP contribution >= 0.6 is 0 Å². The second kappa shape index (κ2) is 10.4. The van der Waals surface area contributed by atoms with Crippen LogP contribution in [0.4, 0.5) is 0 Å². The van der Waals surface area contributed by atoms with Gasteiger partial charge in [0.1, 0.15) is 12.7 Å². The van der Waals surface area contributed by atoms with Crippen molar-refractivity contribution in [2.45, 2.75) is 96.9 Å². The molecule has 4 saturated carbocycles. The topological polar surface area (TPSA) is 124 Å². The lowest BCUT2D eigenvalue weighted by atomic mass is 9.50. The highest BCUT2D eigenvalue weighted by atomic mass is 16.7. The SMILES string of the molecule is CC(=O)OC[C@H]1O[C@H](OCC23CC4CC(CC(C4)C2)C3)[C@H](OC(C)=O)[C@@H](OC(C)=O)[C@H]1OC(C)=O. The highest BCUT2D eigenvalue weighted by Crippen LogP contribution is 2.60. The molecule has 0 unspecified atom stereocenters. The maximum absolute atomic E-state index is 12.0. The molecule has 10 nitrogen and oxygen atoms in total. The Morgan fingerprint density at radius 3 is 1.69 bits per heavy atom. The maximum atomic E-state index is 12.0. The van der Waals surface area contributed by atoms with E-state index in [9.17, 15) is 19.2 Å². The van der Waals surface area contributed by atoms with E-state index < -0.39 is 54.6 Å². The Balaban J connectivity index is 1.57. The third kappa shape index (κ3) is 6.14. The first-order valence-corrected chi connectivity index (χ1v) is 12.5. The van der Waals surface area contributed by atoms with E-state index in [1.54, 1.807) is 0 Å². The van der Waals surface area contributed by atoms with Crippen LogP contribution in [0.3, 0.4) is 0 Å². The van der Waals surface area contributed by atoms with Crippen LogP contribution in [0.25, 0.3) is 0 Å². The second-order valence-corrected chi connectivity index (χ2v) is 10.8. The summed E-state index contributed by atoms with van der Waals surface area (Å²) in [6, 6.07) is 0. The fourth-order valence-electron chi connectivity index (χ4n) is 7.05. The summed E-state index contributed by atoms with van der Waals surface area (Å²) < 4.78 is 33.9. The van der Waals surface area contributed by atoms with Crippen molar-refractivity contribution in [3.63, 3.8) is 0 Å². The van der Waals surface area contributed by atoms with Gasteiger partial charge in [0.15, 0.2) is 24.6 Å². The van der Waals surface area contributed by atoms with Crippen molar-refractivity contribution < 1.29 is 47.6 Å². The smallest absolute Gasteiger partial charge is 0.303 e. The van der Waals surface area contributed by atoms with Crippen molar-refractivity contribution in [2.75, 3.05) is 13.2 Å². The van der Waals surface area contributed by atoms with Crippen LogP contribution in [-0.4, -0.2) is 67.8 Å². The van der Waals surface area contributed by atoms with E-state index in [1.165, 1.54) is 47.0 Å². The number of hydrogen-bond acceptors (Lipinski definition) is 10. The van der Waals surface area contributed by atoms with Crippen LogP contribution in [0.15, 0.2) is 0 Å². The first kappa shape index (κ1) is 25.9. The van der Waals surface area contributed by atoms with E-state index in [1.807, 2.05) is 0 Å². The molecule has 0 amide bonds. The van der Waals surface area contributed by atoms with Gasteiger partial charge in [-0.3, -0.25) is 19.2 Å². The molecular formula is C25H36O10. The number of hydrogen-bond donors (Lipinski definition) is 0. The van der Waals surface area contributed by atoms with Crippen molar-refractivity contribution >= 4 is 23.9 Å². The Labute approximate surface area is 205 Å². The Bertz CT molecular complexity index is 803. The molecule has 4 bridgehead atoms. The molecule has 1 saturated heterocycles. The molecule has 196 valence electrons. The summed E-state index contributed by atoms with van der Waals surface area (Å²) >= 11 is 0. The molecule has 5 rings (SSSR count). The highest BCUT2D eigenvalue weighted by molar-refractivity contribution is 5.68. The van der Waals surface area contributed by atoms with Crippen LogP contribution in [0.2, 0.25) is 0 Å².